The molecule has 1 aliphatic carbocycles. The summed E-state index contributed by atoms with van der Waals surface area (Å²) in [5, 5.41) is 0. The smallest absolute Gasteiger partial charge is 0.000267 e. The highest BCUT2D eigenvalue weighted by Crippen LogP contribution is 2.40. The molecule has 1 rings (SSSR count). The van der Waals surface area contributed by atoms with Crippen molar-refractivity contribution in [2.24, 2.45) is 11.1 Å². The van der Waals surface area contributed by atoms with Crippen LogP contribution in [-0.2, 0) is 0 Å². The Morgan fingerprint density at radius 1 is 1.36 bits per heavy atom. The van der Waals surface area contributed by atoms with Crippen LogP contribution in [0.4, 0.5) is 0 Å². The Hall–Kier alpha value is -0.0100. The first kappa shape index (κ1) is 9.08. The molecule has 0 radical (unpaired) electrons. The Morgan fingerprint density at radius 2 is 2.00 bits per heavy atom. The summed E-state index contributed by atoms with van der Waals surface area (Å²) in [6.45, 7) is 0.814. The van der Waals surface area contributed by atoms with E-state index in [4.69, 9.17) is 17.3 Å². The molecule has 0 unspecified atom stereocenters. The van der Waals surface area contributed by atoms with E-state index in [-0.39, 0.29) is 0 Å². The van der Waals surface area contributed by atoms with E-state index in [0.29, 0.717) is 5.41 Å². The first-order valence-electron chi connectivity index (χ1n) is 4.28. The van der Waals surface area contributed by atoms with Gasteiger partial charge < -0.3 is 5.73 Å². The van der Waals surface area contributed by atoms with E-state index in [0.717, 1.165) is 13.0 Å². The van der Waals surface area contributed by atoms with Gasteiger partial charge in [0.2, 0.25) is 0 Å². The van der Waals surface area contributed by atoms with Crippen molar-refractivity contribution in [3.05, 3.63) is 11.6 Å². The molecular weight excluding hydrogens is 158 g/mol. The van der Waals surface area contributed by atoms with Gasteiger partial charge in [-0.15, -0.1) is 0 Å². The van der Waals surface area contributed by atoms with E-state index >= 15 is 0 Å². The van der Waals surface area contributed by atoms with E-state index in [9.17, 15) is 0 Å². The van der Waals surface area contributed by atoms with Crippen LogP contribution in [0.3, 0.4) is 0 Å². The number of hydrogen-bond donors (Lipinski definition) is 1. The van der Waals surface area contributed by atoms with Gasteiger partial charge in [0, 0.05) is 5.54 Å². The molecule has 0 amide bonds. The summed E-state index contributed by atoms with van der Waals surface area (Å²) in [4.78, 5) is 0. The molecule has 0 saturated heterocycles. The highest BCUT2D eigenvalue weighted by Gasteiger charge is 2.30. The summed E-state index contributed by atoms with van der Waals surface area (Å²) in [5.41, 5.74) is 7.73. The predicted octanol–water partition coefficient (Wildman–Crippen LogP) is 2.65. The normalized spacial score (nSPS) is 23.1. The molecular formula is C9H16ClN. The third-order valence-corrected chi connectivity index (χ3v) is 2.92. The van der Waals surface area contributed by atoms with Crippen molar-refractivity contribution in [2.45, 2.75) is 32.1 Å². The van der Waals surface area contributed by atoms with E-state index in [1.807, 2.05) is 6.08 Å². The molecule has 2 N–H and O–H groups in total. The fourth-order valence-corrected chi connectivity index (χ4v) is 2.00. The number of nitrogens with two attached hydrogens (primary N) is 1. The second-order valence-electron chi connectivity index (χ2n) is 3.48. The van der Waals surface area contributed by atoms with Crippen LogP contribution in [0.1, 0.15) is 32.1 Å². The zero-order chi connectivity index (χ0) is 8.16. The molecule has 64 valence electrons. The molecule has 2 heteroatoms. The summed E-state index contributed by atoms with van der Waals surface area (Å²) < 4.78 is 0. The lowest BCUT2D eigenvalue weighted by Crippen LogP contribution is -2.26. The number of allylic oxidation sites excluding steroid dienone is 1. The first-order chi connectivity index (χ1) is 5.33. The number of hydrogen-bond acceptors (Lipinski definition) is 1. The molecule has 1 saturated carbocycles. The van der Waals surface area contributed by atoms with E-state index in [1.54, 1.807) is 5.54 Å². The zero-order valence-electron chi connectivity index (χ0n) is 6.85. The molecule has 0 aromatic carbocycles. The van der Waals surface area contributed by atoms with Crippen molar-refractivity contribution in [2.75, 3.05) is 6.54 Å². The maximum Gasteiger partial charge on any atom is 0.000267 e. The SMILES string of the molecule is NCC1(C/C=C/Cl)CCCC1. The molecule has 0 heterocycles. The first-order valence-corrected chi connectivity index (χ1v) is 4.72. The largest absolute Gasteiger partial charge is 0.330 e. The van der Waals surface area contributed by atoms with E-state index < -0.39 is 0 Å². The molecule has 0 aromatic rings. The monoisotopic (exact) mass is 173 g/mol. The predicted molar refractivity (Wildman–Crippen MR) is 49.6 cm³/mol. The highest BCUT2D eigenvalue weighted by atomic mass is 35.5. The van der Waals surface area contributed by atoms with Crippen molar-refractivity contribution < 1.29 is 0 Å². The Balaban J connectivity index is 2.45. The standard InChI is InChI=1S/C9H16ClN/c10-7-3-6-9(8-11)4-1-2-5-9/h3,7H,1-2,4-6,8,11H2/b7-3+. The van der Waals surface area contributed by atoms with Gasteiger partial charge in [-0.25, -0.2) is 0 Å². The van der Waals surface area contributed by atoms with Gasteiger partial charge in [0.1, 0.15) is 0 Å². The number of rotatable bonds is 3. The highest BCUT2D eigenvalue weighted by molar-refractivity contribution is 6.25. The molecule has 1 nitrogen and oxygen atoms in total. The summed E-state index contributed by atoms with van der Waals surface area (Å²) >= 11 is 5.48. The lowest BCUT2D eigenvalue weighted by molar-refractivity contribution is 0.313. The minimum Gasteiger partial charge on any atom is -0.330 e. The van der Waals surface area contributed by atoms with E-state index in [2.05, 4.69) is 0 Å². The van der Waals surface area contributed by atoms with E-state index in [1.165, 1.54) is 25.7 Å². The van der Waals surface area contributed by atoms with Gasteiger partial charge in [-0.05, 0) is 31.2 Å². The Labute approximate surface area is 73.6 Å². The second kappa shape index (κ2) is 4.13. The second-order valence-corrected chi connectivity index (χ2v) is 3.73. The van der Waals surface area contributed by atoms with Gasteiger partial charge in [0.15, 0.2) is 0 Å². The van der Waals surface area contributed by atoms with Crippen LogP contribution in [0.15, 0.2) is 11.6 Å². The van der Waals surface area contributed by atoms with Crippen LogP contribution in [0, 0.1) is 5.41 Å². The summed E-state index contributed by atoms with van der Waals surface area (Å²) in [6, 6.07) is 0. The quantitative estimate of drug-likeness (QED) is 0.698. The number of halogens is 1. The summed E-state index contributed by atoms with van der Waals surface area (Å²) in [7, 11) is 0. The Morgan fingerprint density at radius 3 is 2.45 bits per heavy atom. The molecule has 0 spiro atoms. The van der Waals surface area contributed by atoms with Crippen LogP contribution < -0.4 is 5.73 Å². The van der Waals surface area contributed by atoms with Gasteiger partial charge in [-0.3, -0.25) is 0 Å². The third kappa shape index (κ3) is 2.21. The van der Waals surface area contributed by atoms with Crippen molar-refractivity contribution in [3.8, 4) is 0 Å². The third-order valence-electron chi connectivity index (χ3n) is 2.74. The lowest BCUT2D eigenvalue weighted by atomic mass is 9.83. The minimum absolute atomic E-state index is 0.394. The maximum atomic E-state index is 5.73. The molecule has 0 bridgehead atoms. The summed E-state index contributed by atoms with van der Waals surface area (Å²) in [6.07, 6.45) is 8.34. The average Bonchev–Trinajstić information content (AvgIpc) is 2.50. The van der Waals surface area contributed by atoms with Crippen LogP contribution in [-0.4, -0.2) is 6.54 Å². The fraction of sp³-hybridized carbons (Fsp3) is 0.778. The lowest BCUT2D eigenvalue weighted by Gasteiger charge is -2.24. The fourth-order valence-electron chi connectivity index (χ4n) is 1.91. The zero-order valence-corrected chi connectivity index (χ0v) is 7.61. The summed E-state index contributed by atoms with van der Waals surface area (Å²) in [5.74, 6) is 0. The van der Waals surface area contributed by atoms with Gasteiger partial charge in [-0.2, -0.15) is 0 Å². The van der Waals surface area contributed by atoms with Crippen molar-refractivity contribution in [1.82, 2.24) is 0 Å². The van der Waals surface area contributed by atoms with Gasteiger partial charge in [0.05, 0.1) is 0 Å². The van der Waals surface area contributed by atoms with Crippen LogP contribution in [0.2, 0.25) is 0 Å². The van der Waals surface area contributed by atoms with Crippen molar-refractivity contribution in [3.63, 3.8) is 0 Å². The Kier molecular flexibility index (Phi) is 3.41. The maximum absolute atomic E-state index is 5.73. The molecule has 1 aliphatic rings. The Bertz CT molecular complexity index is 136. The van der Waals surface area contributed by atoms with Gasteiger partial charge in [-0.1, -0.05) is 30.5 Å². The van der Waals surface area contributed by atoms with Gasteiger partial charge >= 0.3 is 0 Å². The molecule has 0 atom stereocenters. The minimum atomic E-state index is 0.394. The molecule has 0 aromatic heterocycles. The average molecular weight is 174 g/mol. The van der Waals surface area contributed by atoms with Crippen molar-refractivity contribution >= 4 is 11.6 Å². The van der Waals surface area contributed by atoms with Gasteiger partial charge in [0.25, 0.3) is 0 Å². The van der Waals surface area contributed by atoms with Crippen LogP contribution >= 0.6 is 11.6 Å². The molecule has 0 aliphatic heterocycles. The van der Waals surface area contributed by atoms with Crippen LogP contribution in [0.25, 0.3) is 0 Å². The van der Waals surface area contributed by atoms with Crippen molar-refractivity contribution in [1.29, 1.82) is 0 Å². The molecule has 1 fully saturated rings. The molecule has 11 heavy (non-hydrogen) atoms. The van der Waals surface area contributed by atoms with Crippen LogP contribution in [0.5, 0.6) is 0 Å². The topological polar surface area (TPSA) is 26.0 Å².